The van der Waals surface area contributed by atoms with Crippen LogP contribution in [0.3, 0.4) is 0 Å². The van der Waals surface area contributed by atoms with E-state index < -0.39 is 6.36 Å². The number of aromatic nitrogens is 2. The van der Waals surface area contributed by atoms with Crippen molar-refractivity contribution in [3.8, 4) is 17.0 Å². The van der Waals surface area contributed by atoms with Crippen molar-refractivity contribution in [1.29, 1.82) is 0 Å². The van der Waals surface area contributed by atoms with Crippen LogP contribution in [-0.4, -0.2) is 35.1 Å². The van der Waals surface area contributed by atoms with Gasteiger partial charge in [0.05, 0.1) is 5.69 Å². The van der Waals surface area contributed by atoms with E-state index in [0.29, 0.717) is 17.3 Å². The second kappa shape index (κ2) is 7.98. The van der Waals surface area contributed by atoms with Gasteiger partial charge in [0.1, 0.15) is 5.75 Å². The van der Waals surface area contributed by atoms with Gasteiger partial charge in [0, 0.05) is 41.3 Å². The third-order valence-electron chi connectivity index (χ3n) is 5.12. The molecule has 1 aliphatic heterocycles. The van der Waals surface area contributed by atoms with Gasteiger partial charge < -0.3 is 15.0 Å². The molecule has 1 aliphatic rings. The lowest BCUT2D eigenvalue weighted by molar-refractivity contribution is -0.274. The largest absolute Gasteiger partial charge is 0.573 e. The molecule has 0 atom stereocenters. The third-order valence-corrected chi connectivity index (χ3v) is 5.12. The molecule has 162 valence electrons. The number of aromatic amines is 1. The molecule has 3 aromatic rings. The number of nitrogens with one attached hydrogen (secondary N) is 2. The molecule has 1 aromatic heterocycles. The van der Waals surface area contributed by atoms with Gasteiger partial charge in [-0.05, 0) is 68.3 Å². The van der Waals surface area contributed by atoms with E-state index in [1.54, 1.807) is 6.20 Å². The first-order chi connectivity index (χ1) is 14.7. The molecule has 31 heavy (non-hydrogen) atoms. The highest BCUT2D eigenvalue weighted by Gasteiger charge is 2.31. The molecule has 1 amide bonds. The normalized spacial score (nSPS) is 13.4. The molecule has 2 heterocycles. The van der Waals surface area contributed by atoms with Gasteiger partial charge in [0.2, 0.25) is 0 Å². The Bertz CT molecular complexity index is 1080. The summed E-state index contributed by atoms with van der Waals surface area (Å²) in [6.45, 7) is 5.11. The van der Waals surface area contributed by atoms with Gasteiger partial charge in [-0.1, -0.05) is 0 Å². The van der Waals surface area contributed by atoms with Gasteiger partial charge >= 0.3 is 6.36 Å². The summed E-state index contributed by atoms with van der Waals surface area (Å²) in [4.78, 5) is 15.2. The highest BCUT2D eigenvalue weighted by molar-refractivity contribution is 6.06. The van der Waals surface area contributed by atoms with E-state index in [-0.39, 0.29) is 11.7 Å². The highest BCUT2D eigenvalue weighted by Crippen LogP contribution is 2.39. The van der Waals surface area contributed by atoms with Crippen molar-refractivity contribution < 1.29 is 22.7 Å². The maximum absolute atomic E-state index is 12.9. The zero-order chi connectivity index (χ0) is 22.2. The zero-order valence-electron chi connectivity index (χ0n) is 17.0. The van der Waals surface area contributed by atoms with Crippen LogP contribution in [0.1, 0.15) is 29.8 Å². The molecule has 0 saturated carbocycles. The maximum Gasteiger partial charge on any atom is 0.573 e. The number of anilines is 2. The number of benzene rings is 2. The molecule has 0 saturated heterocycles. The Labute approximate surface area is 177 Å². The monoisotopic (exact) mass is 430 g/mol. The van der Waals surface area contributed by atoms with Crippen LogP contribution in [0.25, 0.3) is 11.3 Å². The lowest BCUT2D eigenvalue weighted by Gasteiger charge is -2.26. The Morgan fingerprint density at radius 1 is 1.19 bits per heavy atom. The molecule has 4 rings (SSSR count). The Morgan fingerprint density at radius 3 is 2.55 bits per heavy atom. The Hall–Kier alpha value is -3.49. The van der Waals surface area contributed by atoms with Crippen LogP contribution in [0.5, 0.6) is 5.75 Å². The molecule has 9 heteroatoms. The van der Waals surface area contributed by atoms with Gasteiger partial charge in [-0.25, -0.2) is 0 Å². The predicted octanol–water partition coefficient (Wildman–Crippen LogP) is 5.00. The van der Waals surface area contributed by atoms with Gasteiger partial charge in [0.25, 0.3) is 5.91 Å². The number of hydrogen-bond acceptors (Lipinski definition) is 4. The van der Waals surface area contributed by atoms with Crippen LogP contribution in [0.4, 0.5) is 24.5 Å². The Kier molecular flexibility index (Phi) is 5.34. The smallest absolute Gasteiger partial charge is 0.406 e. The summed E-state index contributed by atoms with van der Waals surface area (Å²) < 4.78 is 40.8. The van der Waals surface area contributed by atoms with E-state index in [9.17, 15) is 18.0 Å². The van der Waals surface area contributed by atoms with E-state index in [4.69, 9.17) is 0 Å². The number of carbonyl (C=O) groups excluding carboxylic acids is 1. The SMILES string of the molecule is CC(C)N1CCc2cc(C(=O)Nc3ccc(OC(F)(F)F)cc3)cc(-c3ccn[nH]3)c21. The third kappa shape index (κ3) is 4.50. The molecule has 0 fully saturated rings. The molecule has 2 N–H and O–H groups in total. The fraction of sp³-hybridized carbons (Fsp3) is 0.273. The quantitative estimate of drug-likeness (QED) is 0.598. The standard InChI is InChI=1S/C22H21F3N4O2/c1-13(2)29-10-8-14-11-15(12-18(20(14)29)19-7-9-26-28-19)21(30)27-16-3-5-17(6-4-16)31-22(23,24)25/h3-7,9,11-13H,8,10H2,1-2H3,(H,26,28)(H,27,30). The summed E-state index contributed by atoms with van der Waals surface area (Å²) in [7, 11) is 0. The van der Waals surface area contributed by atoms with Crippen LogP contribution in [-0.2, 0) is 6.42 Å². The average molecular weight is 430 g/mol. The molecule has 6 nitrogen and oxygen atoms in total. The second-order valence-electron chi connectivity index (χ2n) is 7.57. The van der Waals surface area contributed by atoms with Crippen molar-refractivity contribution in [3.05, 3.63) is 59.8 Å². The lowest BCUT2D eigenvalue weighted by atomic mass is 9.99. The number of alkyl halides is 3. The van der Waals surface area contributed by atoms with Gasteiger partial charge in [-0.15, -0.1) is 13.2 Å². The highest BCUT2D eigenvalue weighted by atomic mass is 19.4. The summed E-state index contributed by atoms with van der Waals surface area (Å²) in [5.74, 6) is -0.700. The minimum absolute atomic E-state index is 0.306. The summed E-state index contributed by atoms with van der Waals surface area (Å²) in [5.41, 5.74) is 4.69. The molecular weight excluding hydrogens is 409 g/mol. The van der Waals surface area contributed by atoms with E-state index in [1.165, 1.54) is 12.1 Å². The first-order valence-corrected chi connectivity index (χ1v) is 9.82. The average Bonchev–Trinajstić information content (AvgIpc) is 3.37. The zero-order valence-corrected chi connectivity index (χ0v) is 17.0. The van der Waals surface area contributed by atoms with Crippen molar-refractivity contribution in [2.45, 2.75) is 32.7 Å². The number of ether oxygens (including phenoxy) is 1. The number of amides is 1. The summed E-state index contributed by atoms with van der Waals surface area (Å²) in [6.07, 6.45) is -2.28. The fourth-order valence-electron chi connectivity index (χ4n) is 3.78. The van der Waals surface area contributed by atoms with Crippen molar-refractivity contribution in [2.24, 2.45) is 0 Å². The van der Waals surface area contributed by atoms with Crippen molar-refractivity contribution in [1.82, 2.24) is 10.2 Å². The van der Waals surface area contributed by atoms with Crippen LogP contribution in [0.15, 0.2) is 48.7 Å². The number of fused-ring (bicyclic) bond motifs is 1. The summed E-state index contributed by atoms with van der Waals surface area (Å²) in [6, 6.07) is 10.9. The van der Waals surface area contributed by atoms with Crippen LogP contribution < -0.4 is 15.0 Å². The predicted molar refractivity (Wildman–Crippen MR) is 111 cm³/mol. The molecule has 0 unspecified atom stereocenters. The second-order valence-corrected chi connectivity index (χ2v) is 7.57. The Balaban J connectivity index is 1.61. The van der Waals surface area contributed by atoms with E-state index >= 15 is 0 Å². The number of H-pyrrole nitrogens is 1. The number of halogens is 3. The maximum atomic E-state index is 12.9. The molecular formula is C22H21F3N4O2. The van der Waals surface area contributed by atoms with Crippen LogP contribution in [0.2, 0.25) is 0 Å². The minimum atomic E-state index is -4.76. The van der Waals surface area contributed by atoms with Crippen molar-refractivity contribution >= 4 is 17.3 Å². The number of hydrogen-bond donors (Lipinski definition) is 2. The molecule has 0 spiro atoms. The van der Waals surface area contributed by atoms with Crippen molar-refractivity contribution in [2.75, 3.05) is 16.8 Å². The lowest BCUT2D eigenvalue weighted by Crippen LogP contribution is -2.28. The van der Waals surface area contributed by atoms with Crippen LogP contribution in [0, 0.1) is 0 Å². The number of carbonyl (C=O) groups is 1. The summed E-state index contributed by atoms with van der Waals surface area (Å²) in [5, 5.41) is 9.73. The van der Waals surface area contributed by atoms with Crippen molar-refractivity contribution in [3.63, 3.8) is 0 Å². The van der Waals surface area contributed by atoms with Gasteiger partial charge in [-0.3, -0.25) is 9.89 Å². The minimum Gasteiger partial charge on any atom is -0.406 e. The number of nitrogens with zero attached hydrogens (tertiary/aromatic N) is 2. The first-order valence-electron chi connectivity index (χ1n) is 9.82. The molecule has 0 aliphatic carbocycles. The Morgan fingerprint density at radius 2 is 1.94 bits per heavy atom. The van der Waals surface area contributed by atoms with E-state index in [2.05, 4.69) is 39.0 Å². The van der Waals surface area contributed by atoms with Gasteiger partial charge in [0.15, 0.2) is 0 Å². The summed E-state index contributed by atoms with van der Waals surface area (Å²) >= 11 is 0. The topological polar surface area (TPSA) is 70.2 Å². The molecule has 0 bridgehead atoms. The number of rotatable bonds is 5. The van der Waals surface area contributed by atoms with Crippen LogP contribution >= 0.6 is 0 Å². The van der Waals surface area contributed by atoms with Gasteiger partial charge in [-0.2, -0.15) is 5.10 Å². The van der Waals surface area contributed by atoms with E-state index in [0.717, 1.165) is 47.6 Å². The molecule has 0 radical (unpaired) electrons. The first kappa shape index (κ1) is 20.8. The van der Waals surface area contributed by atoms with E-state index in [1.807, 2.05) is 18.2 Å². The fourth-order valence-corrected chi connectivity index (χ4v) is 3.78. The molecule has 2 aromatic carbocycles.